The van der Waals surface area contributed by atoms with Crippen molar-refractivity contribution in [2.75, 3.05) is 6.54 Å². The first-order valence-electron chi connectivity index (χ1n) is 7.90. The minimum Gasteiger partial charge on any atom is -0.424 e. The number of nitrogens with zero attached hydrogens (tertiary/aromatic N) is 4. The Morgan fingerprint density at radius 2 is 2.08 bits per heavy atom. The second-order valence-electron chi connectivity index (χ2n) is 5.84. The smallest absolute Gasteiger partial charge is 0.329 e. The van der Waals surface area contributed by atoms with Crippen molar-refractivity contribution in [2.24, 2.45) is 16.0 Å². The lowest BCUT2D eigenvalue weighted by Gasteiger charge is -2.15. The van der Waals surface area contributed by atoms with E-state index in [1.165, 1.54) is 0 Å². The third-order valence-electron chi connectivity index (χ3n) is 3.91. The van der Waals surface area contributed by atoms with Gasteiger partial charge in [0.15, 0.2) is 0 Å². The third kappa shape index (κ3) is 3.81. The number of ether oxygens (including phenoxy) is 1. The summed E-state index contributed by atoms with van der Waals surface area (Å²) in [4.78, 5) is 3.79. The lowest BCUT2D eigenvalue weighted by atomic mass is 9.98. The van der Waals surface area contributed by atoms with Crippen LogP contribution in [0.2, 0.25) is 5.02 Å². The van der Waals surface area contributed by atoms with Gasteiger partial charge in [0.1, 0.15) is 5.75 Å². The molecule has 0 saturated heterocycles. The number of hydrogen-bond donors (Lipinski definition) is 0. The van der Waals surface area contributed by atoms with Crippen LogP contribution in [0.25, 0.3) is 0 Å². The van der Waals surface area contributed by atoms with Crippen molar-refractivity contribution >= 4 is 23.3 Å². The van der Waals surface area contributed by atoms with Crippen LogP contribution in [-0.4, -0.2) is 23.3 Å². The molecule has 0 radical (unpaired) electrons. The van der Waals surface area contributed by atoms with Gasteiger partial charge < -0.3 is 4.74 Å². The standard InChI is InChI=1S/C19H17ClN4O/c1-13-10-15(8-9-17(13)20)18-14(2)11-24(23-18)19(22-12-21)25-16-6-4-3-5-7-16/h3-10,14H,11H2,1-2H3. The molecule has 0 N–H and O–H groups in total. The Bertz CT molecular complexity index is 871. The van der Waals surface area contributed by atoms with E-state index in [2.05, 4.69) is 17.0 Å². The largest absolute Gasteiger partial charge is 0.424 e. The minimum absolute atomic E-state index is 0.168. The van der Waals surface area contributed by atoms with Crippen molar-refractivity contribution in [2.45, 2.75) is 13.8 Å². The van der Waals surface area contributed by atoms with Gasteiger partial charge in [-0.15, -0.1) is 4.99 Å². The molecular weight excluding hydrogens is 336 g/mol. The van der Waals surface area contributed by atoms with Crippen LogP contribution in [-0.2, 0) is 0 Å². The average molecular weight is 353 g/mol. The highest BCUT2D eigenvalue weighted by Gasteiger charge is 2.28. The molecule has 5 nitrogen and oxygen atoms in total. The van der Waals surface area contributed by atoms with Gasteiger partial charge in [0.05, 0.1) is 12.3 Å². The van der Waals surface area contributed by atoms with Crippen LogP contribution in [0.1, 0.15) is 18.1 Å². The summed E-state index contributed by atoms with van der Waals surface area (Å²) in [5.74, 6) is 0.777. The normalized spacial score (nSPS) is 17.2. The number of hydrazone groups is 1. The Labute approximate surface area is 151 Å². The lowest BCUT2D eigenvalue weighted by Crippen LogP contribution is -2.30. The van der Waals surface area contributed by atoms with Crippen molar-refractivity contribution in [3.63, 3.8) is 0 Å². The summed E-state index contributed by atoms with van der Waals surface area (Å²) >= 11 is 6.11. The number of halogens is 1. The molecule has 0 amide bonds. The predicted molar refractivity (Wildman–Crippen MR) is 98.7 cm³/mol. The molecule has 0 bridgehead atoms. The van der Waals surface area contributed by atoms with Crippen LogP contribution in [0.5, 0.6) is 5.75 Å². The maximum Gasteiger partial charge on any atom is 0.329 e. The fraction of sp³-hybridized carbons (Fsp3) is 0.211. The fourth-order valence-electron chi connectivity index (χ4n) is 2.65. The van der Waals surface area contributed by atoms with E-state index in [-0.39, 0.29) is 11.9 Å². The fourth-order valence-corrected chi connectivity index (χ4v) is 2.77. The van der Waals surface area contributed by atoms with Gasteiger partial charge in [-0.1, -0.05) is 42.8 Å². The summed E-state index contributed by atoms with van der Waals surface area (Å²) in [6, 6.07) is 15.2. The van der Waals surface area contributed by atoms with Crippen molar-refractivity contribution in [3.05, 3.63) is 64.7 Å². The monoisotopic (exact) mass is 352 g/mol. The number of hydrogen-bond acceptors (Lipinski definition) is 4. The summed E-state index contributed by atoms with van der Waals surface area (Å²) in [7, 11) is 0. The molecule has 1 atom stereocenters. The molecule has 1 aliphatic heterocycles. The maximum absolute atomic E-state index is 8.98. The molecule has 0 saturated carbocycles. The van der Waals surface area contributed by atoms with E-state index in [1.807, 2.05) is 43.3 Å². The number of rotatable bonds is 2. The van der Waals surface area contributed by atoms with E-state index < -0.39 is 0 Å². The highest BCUT2D eigenvalue weighted by molar-refractivity contribution is 6.31. The Morgan fingerprint density at radius 3 is 2.76 bits per heavy atom. The zero-order valence-corrected chi connectivity index (χ0v) is 14.7. The second kappa shape index (κ2) is 7.37. The van der Waals surface area contributed by atoms with Gasteiger partial charge in [-0.2, -0.15) is 10.4 Å². The Hall–Kier alpha value is -2.84. The van der Waals surface area contributed by atoms with E-state index in [4.69, 9.17) is 21.6 Å². The zero-order valence-electron chi connectivity index (χ0n) is 14.0. The summed E-state index contributed by atoms with van der Waals surface area (Å²) in [6.07, 6.45) is 1.79. The van der Waals surface area contributed by atoms with E-state index in [0.29, 0.717) is 12.3 Å². The molecule has 25 heavy (non-hydrogen) atoms. The molecule has 1 heterocycles. The van der Waals surface area contributed by atoms with Gasteiger partial charge >= 0.3 is 6.02 Å². The van der Waals surface area contributed by atoms with Gasteiger partial charge in [-0.3, -0.25) is 0 Å². The first-order valence-corrected chi connectivity index (χ1v) is 8.28. The number of para-hydroxylation sites is 1. The lowest BCUT2D eigenvalue weighted by molar-refractivity contribution is 0.361. The first kappa shape index (κ1) is 17.0. The quantitative estimate of drug-likeness (QED) is 0.462. The summed E-state index contributed by atoms with van der Waals surface area (Å²) < 4.78 is 5.74. The maximum atomic E-state index is 8.98. The van der Waals surface area contributed by atoms with E-state index in [9.17, 15) is 0 Å². The van der Waals surface area contributed by atoms with Crippen LogP contribution in [0.4, 0.5) is 0 Å². The van der Waals surface area contributed by atoms with Gasteiger partial charge in [0, 0.05) is 10.9 Å². The molecule has 2 aromatic carbocycles. The molecule has 1 aliphatic rings. The first-order chi connectivity index (χ1) is 12.1. The highest BCUT2D eigenvalue weighted by atomic mass is 35.5. The average Bonchev–Trinajstić information content (AvgIpc) is 3.00. The van der Waals surface area contributed by atoms with Crippen LogP contribution < -0.4 is 4.74 Å². The van der Waals surface area contributed by atoms with Gasteiger partial charge in [-0.25, -0.2) is 5.01 Å². The Morgan fingerprint density at radius 1 is 1.32 bits per heavy atom. The van der Waals surface area contributed by atoms with Crippen molar-refractivity contribution in [3.8, 4) is 11.9 Å². The number of amidine groups is 1. The van der Waals surface area contributed by atoms with Gasteiger partial charge in [0.2, 0.25) is 6.19 Å². The molecule has 2 aromatic rings. The summed E-state index contributed by atoms with van der Waals surface area (Å²) in [5.41, 5.74) is 2.92. The number of aryl methyl sites for hydroxylation is 1. The highest BCUT2D eigenvalue weighted by Crippen LogP contribution is 2.24. The third-order valence-corrected chi connectivity index (χ3v) is 4.34. The van der Waals surface area contributed by atoms with Crippen molar-refractivity contribution in [1.29, 1.82) is 5.26 Å². The summed E-state index contributed by atoms with van der Waals surface area (Å²) in [5, 5.41) is 16.0. The Kier molecular flexibility index (Phi) is 5.01. The SMILES string of the molecule is Cc1cc(C2=NN(C(=NC#N)Oc3ccccc3)CC2C)ccc1Cl. The number of nitriles is 1. The number of aliphatic imine (C=N–C) groups is 1. The van der Waals surface area contributed by atoms with Crippen molar-refractivity contribution in [1.82, 2.24) is 5.01 Å². The predicted octanol–water partition coefficient (Wildman–Crippen LogP) is 4.22. The molecule has 0 spiro atoms. The van der Waals surface area contributed by atoms with Crippen LogP contribution in [0.15, 0.2) is 58.6 Å². The Balaban J connectivity index is 1.88. The second-order valence-corrected chi connectivity index (χ2v) is 6.25. The molecule has 0 fully saturated rings. The minimum atomic E-state index is 0.168. The molecular formula is C19H17ClN4O. The molecule has 1 unspecified atom stereocenters. The summed E-state index contributed by atoms with van der Waals surface area (Å²) in [6.45, 7) is 4.63. The molecule has 0 aromatic heterocycles. The zero-order chi connectivity index (χ0) is 17.8. The van der Waals surface area contributed by atoms with E-state index in [1.54, 1.807) is 23.3 Å². The molecule has 3 rings (SSSR count). The topological polar surface area (TPSA) is 61.0 Å². The molecule has 126 valence electrons. The molecule has 6 heteroatoms. The van der Waals surface area contributed by atoms with Gasteiger partial charge in [-0.05, 0) is 42.3 Å². The molecule has 0 aliphatic carbocycles. The van der Waals surface area contributed by atoms with Crippen LogP contribution in [0, 0.1) is 24.3 Å². The van der Waals surface area contributed by atoms with Gasteiger partial charge in [0.25, 0.3) is 0 Å². The number of benzene rings is 2. The van der Waals surface area contributed by atoms with E-state index in [0.717, 1.165) is 21.9 Å². The van der Waals surface area contributed by atoms with Crippen molar-refractivity contribution < 1.29 is 4.74 Å². The van der Waals surface area contributed by atoms with E-state index >= 15 is 0 Å². The van der Waals surface area contributed by atoms with Crippen LogP contribution >= 0.6 is 11.6 Å². The van der Waals surface area contributed by atoms with Crippen LogP contribution in [0.3, 0.4) is 0 Å².